The summed E-state index contributed by atoms with van der Waals surface area (Å²) in [6, 6.07) is 6.93. The number of nitrogens with one attached hydrogen (secondary N) is 1. The second-order valence-corrected chi connectivity index (χ2v) is 6.81. The van der Waals surface area contributed by atoms with Crippen LogP contribution in [0.2, 0.25) is 5.02 Å². The highest BCUT2D eigenvalue weighted by Crippen LogP contribution is 2.36. The van der Waals surface area contributed by atoms with Crippen LogP contribution in [0.25, 0.3) is 0 Å². The van der Waals surface area contributed by atoms with Crippen LogP contribution in [0, 0.1) is 5.92 Å². The Balaban J connectivity index is 1.72. The molecule has 0 spiro atoms. The van der Waals surface area contributed by atoms with Gasteiger partial charge in [0.2, 0.25) is 0 Å². The van der Waals surface area contributed by atoms with Crippen molar-refractivity contribution in [2.24, 2.45) is 5.92 Å². The Morgan fingerprint density at radius 3 is 2.89 bits per heavy atom. The van der Waals surface area contributed by atoms with Gasteiger partial charge in [-0.05, 0) is 59.3 Å². The van der Waals surface area contributed by atoms with Gasteiger partial charge >= 0.3 is 0 Å². The van der Waals surface area contributed by atoms with E-state index >= 15 is 0 Å². The molecule has 2 aliphatic rings. The second-order valence-electron chi connectivity index (χ2n) is 5.55. The molecule has 4 heteroatoms. The van der Waals surface area contributed by atoms with E-state index in [0.29, 0.717) is 5.92 Å². The molecular formula is C15H19BrClNO. The minimum absolute atomic E-state index is 0.186. The molecule has 1 saturated heterocycles. The lowest BCUT2D eigenvalue weighted by molar-refractivity contribution is -0.0278. The molecule has 19 heavy (non-hydrogen) atoms. The van der Waals surface area contributed by atoms with Crippen LogP contribution in [0.1, 0.15) is 37.4 Å². The third kappa shape index (κ3) is 3.52. The molecular weight excluding hydrogens is 326 g/mol. The summed E-state index contributed by atoms with van der Waals surface area (Å²) in [6.45, 7) is 1.92. The summed E-state index contributed by atoms with van der Waals surface area (Å²) in [5.41, 5.74) is 1.20. The van der Waals surface area contributed by atoms with Crippen molar-refractivity contribution in [1.82, 2.24) is 5.32 Å². The van der Waals surface area contributed by atoms with Crippen LogP contribution in [-0.4, -0.2) is 19.2 Å². The van der Waals surface area contributed by atoms with Crippen LogP contribution in [0.15, 0.2) is 22.7 Å². The topological polar surface area (TPSA) is 21.3 Å². The zero-order valence-electron chi connectivity index (χ0n) is 10.9. The summed E-state index contributed by atoms with van der Waals surface area (Å²) in [6.07, 6.45) is 5.26. The lowest BCUT2D eigenvalue weighted by Crippen LogP contribution is -2.32. The maximum Gasteiger partial charge on any atom is 0.0865 e. The maximum absolute atomic E-state index is 6.20. The van der Waals surface area contributed by atoms with Crippen LogP contribution < -0.4 is 5.32 Å². The van der Waals surface area contributed by atoms with Crippen molar-refractivity contribution in [2.45, 2.75) is 37.8 Å². The van der Waals surface area contributed by atoms with E-state index in [0.717, 1.165) is 35.1 Å². The van der Waals surface area contributed by atoms with Gasteiger partial charge in [0, 0.05) is 29.6 Å². The molecule has 1 saturated carbocycles. The first kappa shape index (κ1) is 13.9. The van der Waals surface area contributed by atoms with Gasteiger partial charge in [-0.15, -0.1) is 0 Å². The summed E-state index contributed by atoms with van der Waals surface area (Å²) in [4.78, 5) is 0. The number of hydrogen-bond donors (Lipinski definition) is 1. The van der Waals surface area contributed by atoms with E-state index in [1.54, 1.807) is 0 Å². The van der Waals surface area contributed by atoms with E-state index in [2.05, 4.69) is 27.3 Å². The van der Waals surface area contributed by atoms with Crippen LogP contribution >= 0.6 is 27.5 Å². The molecule has 0 radical (unpaired) electrons. The first-order valence-corrected chi connectivity index (χ1v) is 8.21. The normalized spacial score (nSPS) is 27.5. The smallest absolute Gasteiger partial charge is 0.0865 e. The average molecular weight is 345 g/mol. The van der Waals surface area contributed by atoms with Crippen molar-refractivity contribution in [1.29, 1.82) is 0 Å². The Bertz CT molecular complexity index is 450. The van der Waals surface area contributed by atoms with Gasteiger partial charge < -0.3 is 10.1 Å². The number of halogens is 2. The summed E-state index contributed by atoms with van der Waals surface area (Å²) in [5.74, 6) is 0.562. The molecule has 1 aliphatic carbocycles. The Kier molecular flexibility index (Phi) is 4.47. The van der Waals surface area contributed by atoms with Gasteiger partial charge in [-0.3, -0.25) is 0 Å². The van der Waals surface area contributed by atoms with Gasteiger partial charge in [0.25, 0.3) is 0 Å². The predicted molar refractivity (Wildman–Crippen MR) is 81.6 cm³/mol. The van der Waals surface area contributed by atoms with Gasteiger partial charge in [-0.25, -0.2) is 0 Å². The molecule has 1 aromatic carbocycles. The highest BCUT2D eigenvalue weighted by atomic mass is 79.9. The van der Waals surface area contributed by atoms with Crippen molar-refractivity contribution >= 4 is 27.5 Å². The molecule has 1 N–H and O–H groups in total. The summed E-state index contributed by atoms with van der Waals surface area (Å²) < 4.78 is 6.96. The summed E-state index contributed by atoms with van der Waals surface area (Å²) in [7, 11) is 0. The highest BCUT2D eigenvalue weighted by molar-refractivity contribution is 9.10. The SMILES string of the molecule is Clc1cc(C2OCCCC2CNC2CC2)ccc1Br. The van der Waals surface area contributed by atoms with Gasteiger partial charge in [0.1, 0.15) is 0 Å². The van der Waals surface area contributed by atoms with Crippen molar-refractivity contribution in [3.05, 3.63) is 33.3 Å². The molecule has 104 valence electrons. The standard InChI is InChI=1S/C15H19BrClNO/c16-13-6-3-10(8-14(13)17)15-11(2-1-7-19-15)9-18-12-4-5-12/h3,6,8,11-12,15,18H,1-2,4-5,7,9H2. The van der Waals surface area contributed by atoms with E-state index in [9.17, 15) is 0 Å². The van der Waals surface area contributed by atoms with E-state index in [1.807, 2.05) is 12.1 Å². The molecule has 0 bridgehead atoms. The number of ether oxygens (including phenoxy) is 1. The fraction of sp³-hybridized carbons (Fsp3) is 0.600. The van der Waals surface area contributed by atoms with E-state index in [-0.39, 0.29) is 6.10 Å². The number of benzene rings is 1. The Morgan fingerprint density at radius 1 is 1.32 bits per heavy atom. The Hall–Kier alpha value is -0.0900. The lowest BCUT2D eigenvalue weighted by atomic mass is 9.89. The van der Waals surface area contributed by atoms with Crippen LogP contribution in [0.3, 0.4) is 0 Å². The summed E-state index contributed by atoms with van der Waals surface area (Å²) >= 11 is 9.64. The quantitative estimate of drug-likeness (QED) is 0.878. The van der Waals surface area contributed by atoms with E-state index in [4.69, 9.17) is 16.3 Å². The van der Waals surface area contributed by atoms with Gasteiger partial charge in [0.15, 0.2) is 0 Å². The fourth-order valence-electron chi connectivity index (χ4n) is 2.72. The van der Waals surface area contributed by atoms with Crippen LogP contribution in [0.5, 0.6) is 0 Å². The van der Waals surface area contributed by atoms with Crippen molar-refractivity contribution in [2.75, 3.05) is 13.2 Å². The molecule has 1 aromatic rings. The Morgan fingerprint density at radius 2 is 2.16 bits per heavy atom. The molecule has 2 unspecified atom stereocenters. The molecule has 2 atom stereocenters. The molecule has 1 heterocycles. The van der Waals surface area contributed by atoms with Crippen LogP contribution in [-0.2, 0) is 4.74 Å². The molecule has 0 aromatic heterocycles. The van der Waals surface area contributed by atoms with E-state index in [1.165, 1.54) is 24.8 Å². The van der Waals surface area contributed by atoms with E-state index < -0.39 is 0 Å². The number of rotatable bonds is 4. The largest absolute Gasteiger partial charge is 0.373 e. The van der Waals surface area contributed by atoms with Gasteiger partial charge in [-0.1, -0.05) is 17.7 Å². The highest BCUT2D eigenvalue weighted by Gasteiger charge is 2.30. The second kappa shape index (κ2) is 6.13. The van der Waals surface area contributed by atoms with Gasteiger partial charge in [0.05, 0.1) is 11.1 Å². The van der Waals surface area contributed by atoms with Crippen molar-refractivity contribution in [3.8, 4) is 0 Å². The molecule has 2 fully saturated rings. The zero-order chi connectivity index (χ0) is 13.2. The zero-order valence-corrected chi connectivity index (χ0v) is 13.2. The summed E-state index contributed by atoms with van der Waals surface area (Å²) in [5, 5.41) is 4.39. The lowest BCUT2D eigenvalue weighted by Gasteiger charge is -2.32. The first-order valence-electron chi connectivity index (χ1n) is 7.04. The number of hydrogen-bond acceptors (Lipinski definition) is 2. The molecule has 3 rings (SSSR count). The third-order valence-electron chi connectivity index (χ3n) is 3.96. The third-order valence-corrected chi connectivity index (χ3v) is 5.20. The van der Waals surface area contributed by atoms with Gasteiger partial charge in [-0.2, -0.15) is 0 Å². The first-order chi connectivity index (χ1) is 9.24. The molecule has 2 nitrogen and oxygen atoms in total. The Labute approximate surface area is 128 Å². The minimum atomic E-state index is 0.186. The molecule has 1 aliphatic heterocycles. The fourth-order valence-corrected chi connectivity index (χ4v) is 3.15. The van der Waals surface area contributed by atoms with Crippen LogP contribution in [0.4, 0.5) is 0 Å². The maximum atomic E-state index is 6.20. The molecule has 0 amide bonds. The van der Waals surface area contributed by atoms with Crippen molar-refractivity contribution in [3.63, 3.8) is 0 Å². The minimum Gasteiger partial charge on any atom is -0.373 e. The average Bonchev–Trinajstić information content (AvgIpc) is 3.24. The predicted octanol–water partition coefficient (Wildman–Crippen LogP) is 4.32. The van der Waals surface area contributed by atoms with Crippen molar-refractivity contribution < 1.29 is 4.74 Å². The monoisotopic (exact) mass is 343 g/mol.